The normalized spacial score (nSPS) is 36.6. The Morgan fingerprint density at radius 2 is 1.71 bits per heavy atom. The minimum absolute atomic E-state index is 0.523. The molecule has 1 spiro atoms. The lowest BCUT2D eigenvalue weighted by molar-refractivity contribution is -0.145. The lowest BCUT2D eigenvalue weighted by Gasteiger charge is -2.56. The largest absolute Gasteiger partial charge is 0.300 e. The van der Waals surface area contributed by atoms with E-state index in [1.165, 1.54) is 51.4 Å². The van der Waals surface area contributed by atoms with Crippen molar-refractivity contribution in [2.24, 2.45) is 23.2 Å². The molecule has 0 unspecified atom stereocenters. The molecule has 0 N–H and O–H groups in total. The van der Waals surface area contributed by atoms with Gasteiger partial charge in [-0.3, -0.25) is 4.79 Å². The summed E-state index contributed by atoms with van der Waals surface area (Å²) >= 11 is 0. The molecule has 0 heterocycles. The molecule has 96 valence electrons. The molecule has 0 radical (unpaired) electrons. The van der Waals surface area contributed by atoms with Crippen molar-refractivity contribution >= 4 is 5.78 Å². The maximum atomic E-state index is 11.1. The topological polar surface area (TPSA) is 17.1 Å². The zero-order chi connectivity index (χ0) is 11.9. The molecule has 3 rings (SSSR count). The van der Waals surface area contributed by atoms with E-state index in [1.54, 1.807) is 0 Å². The van der Waals surface area contributed by atoms with Gasteiger partial charge in [-0.25, -0.2) is 0 Å². The van der Waals surface area contributed by atoms with Crippen LogP contribution in [-0.4, -0.2) is 5.78 Å². The molecule has 3 fully saturated rings. The van der Waals surface area contributed by atoms with E-state index in [9.17, 15) is 4.79 Å². The lowest BCUT2D eigenvalue weighted by atomic mass is 9.48. The third-order valence-electron chi connectivity index (χ3n) is 5.79. The zero-order valence-electron chi connectivity index (χ0n) is 11.2. The van der Waals surface area contributed by atoms with Gasteiger partial charge in [-0.15, -0.1) is 0 Å². The molecule has 0 bridgehead atoms. The second kappa shape index (κ2) is 4.40. The number of carbonyl (C=O) groups excluding carboxylic acids is 1. The maximum absolute atomic E-state index is 11.1. The Labute approximate surface area is 105 Å². The summed E-state index contributed by atoms with van der Waals surface area (Å²) in [7, 11) is 0. The van der Waals surface area contributed by atoms with Crippen molar-refractivity contribution in [3.8, 4) is 0 Å². The summed E-state index contributed by atoms with van der Waals surface area (Å²) in [5, 5.41) is 0. The highest BCUT2D eigenvalue weighted by atomic mass is 16.1. The highest BCUT2D eigenvalue weighted by Crippen LogP contribution is 2.60. The van der Waals surface area contributed by atoms with Gasteiger partial charge < -0.3 is 0 Å². The summed E-state index contributed by atoms with van der Waals surface area (Å²) in [5.41, 5.74) is 0.530. The van der Waals surface area contributed by atoms with E-state index in [4.69, 9.17) is 0 Å². The molecular formula is C16H26O. The number of Topliss-reactive ketones (excluding diaryl/α,β-unsaturated/α-hetero) is 1. The molecular weight excluding hydrogens is 208 g/mol. The zero-order valence-corrected chi connectivity index (χ0v) is 11.2. The summed E-state index contributed by atoms with van der Waals surface area (Å²) in [5.74, 6) is 3.57. The SMILES string of the molecule is CCC[C@H]1CC[C@H](C2CC3(CC(=O)C3)C2)CC1. The second-order valence-electron chi connectivity index (χ2n) is 7.13. The van der Waals surface area contributed by atoms with Crippen LogP contribution in [0.5, 0.6) is 0 Å². The van der Waals surface area contributed by atoms with Crippen LogP contribution in [0.2, 0.25) is 0 Å². The minimum Gasteiger partial charge on any atom is -0.300 e. The number of carbonyl (C=O) groups is 1. The first-order valence-corrected chi connectivity index (χ1v) is 7.72. The Bertz CT molecular complexity index is 283. The van der Waals surface area contributed by atoms with Crippen LogP contribution >= 0.6 is 0 Å². The molecule has 3 aliphatic carbocycles. The highest BCUT2D eigenvalue weighted by Gasteiger charge is 2.54. The van der Waals surface area contributed by atoms with Gasteiger partial charge in [0.1, 0.15) is 5.78 Å². The maximum Gasteiger partial charge on any atom is 0.134 e. The molecule has 0 atom stereocenters. The van der Waals surface area contributed by atoms with E-state index < -0.39 is 0 Å². The third kappa shape index (κ3) is 2.18. The van der Waals surface area contributed by atoms with Crippen LogP contribution in [0.1, 0.15) is 71.1 Å². The van der Waals surface area contributed by atoms with Gasteiger partial charge >= 0.3 is 0 Å². The predicted octanol–water partition coefficient (Wildman–Crippen LogP) is 4.35. The molecule has 0 aromatic heterocycles. The first kappa shape index (κ1) is 11.7. The Morgan fingerprint density at radius 3 is 2.24 bits per heavy atom. The van der Waals surface area contributed by atoms with E-state index in [1.807, 2.05) is 0 Å². The van der Waals surface area contributed by atoms with Crippen LogP contribution in [-0.2, 0) is 4.79 Å². The van der Waals surface area contributed by atoms with Gasteiger partial charge in [-0.1, -0.05) is 32.6 Å². The minimum atomic E-state index is 0.523. The standard InChI is InChI=1S/C16H26O/c1-2-3-12-4-6-13(7-5-12)14-8-16(9-14)10-15(17)11-16/h12-14H,2-11H2,1H3/t12-,13-. The van der Waals surface area contributed by atoms with Crippen LogP contribution in [0, 0.1) is 23.2 Å². The van der Waals surface area contributed by atoms with Crippen molar-refractivity contribution < 1.29 is 4.79 Å². The van der Waals surface area contributed by atoms with Gasteiger partial charge in [0.05, 0.1) is 0 Å². The summed E-state index contributed by atoms with van der Waals surface area (Å²) < 4.78 is 0. The quantitative estimate of drug-likeness (QED) is 0.709. The first-order chi connectivity index (χ1) is 8.21. The summed E-state index contributed by atoms with van der Waals surface area (Å²) in [6.45, 7) is 2.31. The van der Waals surface area contributed by atoms with E-state index in [0.717, 1.165) is 30.6 Å². The smallest absolute Gasteiger partial charge is 0.134 e. The molecule has 3 aliphatic rings. The van der Waals surface area contributed by atoms with Gasteiger partial charge in [0.25, 0.3) is 0 Å². The van der Waals surface area contributed by atoms with Crippen LogP contribution in [0.4, 0.5) is 0 Å². The van der Waals surface area contributed by atoms with Crippen LogP contribution in [0.3, 0.4) is 0 Å². The molecule has 3 saturated carbocycles. The second-order valence-corrected chi connectivity index (χ2v) is 7.13. The molecule has 0 aliphatic heterocycles. The van der Waals surface area contributed by atoms with Crippen molar-refractivity contribution in [2.45, 2.75) is 71.1 Å². The lowest BCUT2D eigenvalue weighted by Crippen LogP contribution is -2.50. The number of ketones is 1. The van der Waals surface area contributed by atoms with Crippen molar-refractivity contribution in [3.05, 3.63) is 0 Å². The van der Waals surface area contributed by atoms with Gasteiger partial charge in [0.15, 0.2) is 0 Å². The van der Waals surface area contributed by atoms with E-state index in [2.05, 4.69) is 6.92 Å². The van der Waals surface area contributed by atoms with E-state index in [-0.39, 0.29) is 0 Å². The summed E-state index contributed by atoms with van der Waals surface area (Å²) in [6, 6.07) is 0. The first-order valence-electron chi connectivity index (χ1n) is 7.72. The van der Waals surface area contributed by atoms with Crippen LogP contribution < -0.4 is 0 Å². The Morgan fingerprint density at radius 1 is 1.06 bits per heavy atom. The van der Waals surface area contributed by atoms with Crippen molar-refractivity contribution in [3.63, 3.8) is 0 Å². The van der Waals surface area contributed by atoms with E-state index >= 15 is 0 Å². The molecule has 1 nitrogen and oxygen atoms in total. The molecule has 0 saturated heterocycles. The fraction of sp³-hybridized carbons (Fsp3) is 0.938. The average molecular weight is 234 g/mol. The van der Waals surface area contributed by atoms with Gasteiger partial charge in [0.2, 0.25) is 0 Å². The predicted molar refractivity (Wildman–Crippen MR) is 69.8 cm³/mol. The van der Waals surface area contributed by atoms with E-state index in [0.29, 0.717) is 11.2 Å². The van der Waals surface area contributed by atoms with Gasteiger partial charge in [0, 0.05) is 12.8 Å². The van der Waals surface area contributed by atoms with Gasteiger partial charge in [-0.2, -0.15) is 0 Å². The number of rotatable bonds is 3. The molecule has 17 heavy (non-hydrogen) atoms. The monoisotopic (exact) mass is 234 g/mol. The summed E-state index contributed by atoms with van der Waals surface area (Å²) in [6.07, 6.45) is 13.4. The summed E-state index contributed by atoms with van der Waals surface area (Å²) in [4.78, 5) is 11.1. The molecule has 0 aromatic rings. The van der Waals surface area contributed by atoms with Crippen molar-refractivity contribution in [1.82, 2.24) is 0 Å². The van der Waals surface area contributed by atoms with Crippen molar-refractivity contribution in [1.29, 1.82) is 0 Å². The third-order valence-corrected chi connectivity index (χ3v) is 5.79. The van der Waals surface area contributed by atoms with Crippen LogP contribution in [0.25, 0.3) is 0 Å². The molecule has 0 amide bonds. The fourth-order valence-corrected chi connectivity index (χ4v) is 4.82. The molecule has 0 aromatic carbocycles. The Hall–Kier alpha value is -0.330. The highest BCUT2D eigenvalue weighted by molar-refractivity contribution is 5.86. The average Bonchev–Trinajstić information content (AvgIpc) is 2.23. The number of hydrogen-bond acceptors (Lipinski definition) is 1. The van der Waals surface area contributed by atoms with Crippen molar-refractivity contribution in [2.75, 3.05) is 0 Å². The Balaban J connectivity index is 1.42. The van der Waals surface area contributed by atoms with Crippen LogP contribution in [0.15, 0.2) is 0 Å². The fourth-order valence-electron chi connectivity index (χ4n) is 4.82. The Kier molecular flexibility index (Phi) is 3.04. The molecule has 1 heteroatoms. The van der Waals surface area contributed by atoms with Gasteiger partial charge in [-0.05, 0) is 48.9 Å². The number of hydrogen-bond donors (Lipinski definition) is 0.